The number of pyridine rings is 1. The summed E-state index contributed by atoms with van der Waals surface area (Å²) in [5, 5.41) is 8.79. The van der Waals surface area contributed by atoms with E-state index in [0.717, 1.165) is 30.7 Å². The predicted octanol–water partition coefficient (Wildman–Crippen LogP) is 6.28. The lowest BCUT2D eigenvalue weighted by molar-refractivity contribution is -0.135. The molecular formula is C25H32ClNO4. The van der Waals surface area contributed by atoms with Crippen LogP contribution in [0, 0.1) is 0 Å². The van der Waals surface area contributed by atoms with Gasteiger partial charge in [0, 0.05) is 0 Å². The zero-order valence-corrected chi connectivity index (χ0v) is 18.9. The SMILES string of the molecule is COc1ccc(CCCCCCCCOc2ccc(CCl)nc2/C=C/CC(=O)O)cc1. The second-order valence-corrected chi connectivity index (χ2v) is 7.65. The number of nitrogens with zero attached hydrogens (tertiary/aromatic N) is 1. The van der Waals surface area contributed by atoms with Gasteiger partial charge in [0.1, 0.15) is 17.2 Å². The van der Waals surface area contributed by atoms with Crippen molar-refractivity contribution in [1.29, 1.82) is 0 Å². The molecule has 5 nitrogen and oxygen atoms in total. The van der Waals surface area contributed by atoms with Crippen LogP contribution in [0.5, 0.6) is 11.5 Å². The van der Waals surface area contributed by atoms with Crippen LogP contribution in [0.4, 0.5) is 0 Å². The third kappa shape index (κ3) is 9.88. The highest BCUT2D eigenvalue weighted by atomic mass is 35.5. The summed E-state index contributed by atoms with van der Waals surface area (Å²) in [4.78, 5) is 15.1. The summed E-state index contributed by atoms with van der Waals surface area (Å²) < 4.78 is 11.1. The minimum Gasteiger partial charge on any atom is -0.497 e. The van der Waals surface area contributed by atoms with Gasteiger partial charge in [-0.25, -0.2) is 4.98 Å². The number of aromatic nitrogens is 1. The standard InChI is InChI=1S/C25H32ClNO4/c1-30-22-15-12-20(13-16-22)9-6-4-2-3-5-7-18-31-24-17-14-21(19-26)27-23(24)10-8-11-25(28)29/h8,10,12-17H,2-7,9,11,18-19H2,1H3,(H,28,29)/b10-8+. The molecule has 0 atom stereocenters. The molecule has 1 aromatic carbocycles. The second kappa shape index (κ2) is 14.5. The van der Waals surface area contributed by atoms with Crippen molar-refractivity contribution in [3.63, 3.8) is 0 Å². The number of benzene rings is 1. The van der Waals surface area contributed by atoms with Crippen LogP contribution in [-0.2, 0) is 17.1 Å². The minimum atomic E-state index is -0.879. The van der Waals surface area contributed by atoms with E-state index in [1.54, 1.807) is 19.3 Å². The molecule has 0 bridgehead atoms. The molecule has 31 heavy (non-hydrogen) atoms. The van der Waals surface area contributed by atoms with Crippen molar-refractivity contribution in [3.05, 3.63) is 59.4 Å². The summed E-state index contributed by atoms with van der Waals surface area (Å²) in [5.74, 6) is 0.991. The molecule has 0 fully saturated rings. The van der Waals surface area contributed by atoms with E-state index in [1.807, 2.05) is 24.3 Å². The molecule has 2 rings (SSSR count). The third-order valence-electron chi connectivity index (χ3n) is 4.93. The van der Waals surface area contributed by atoms with Gasteiger partial charge in [0.15, 0.2) is 0 Å². The minimum absolute atomic E-state index is 0.0509. The van der Waals surface area contributed by atoms with Crippen LogP contribution in [0.1, 0.15) is 61.9 Å². The van der Waals surface area contributed by atoms with E-state index in [-0.39, 0.29) is 6.42 Å². The maximum Gasteiger partial charge on any atom is 0.307 e. The number of unbranched alkanes of at least 4 members (excludes halogenated alkanes) is 5. The van der Waals surface area contributed by atoms with Gasteiger partial charge in [-0.05, 0) is 55.2 Å². The van der Waals surface area contributed by atoms with Crippen molar-refractivity contribution in [3.8, 4) is 11.5 Å². The number of aryl methyl sites for hydroxylation is 1. The van der Waals surface area contributed by atoms with Crippen molar-refractivity contribution in [2.24, 2.45) is 0 Å². The molecule has 0 unspecified atom stereocenters. The summed E-state index contributed by atoms with van der Waals surface area (Å²) in [6.07, 6.45) is 11.3. The number of carboxylic acids is 1. The van der Waals surface area contributed by atoms with Gasteiger partial charge in [-0.1, -0.05) is 43.9 Å². The van der Waals surface area contributed by atoms with Gasteiger partial charge in [-0.2, -0.15) is 0 Å². The zero-order valence-electron chi connectivity index (χ0n) is 18.2. The summed E-state index contributed by atoms with van der Waals surface area (Å²) >= 11 is 5.85. The molecule has 0 saturated heterocycles. The Morgan fingerprint density at radius 3 is 2.42 bits per heavy atom. The van der Waals surface area contributed by atoms with Gasteiger partial charge in [0.05, 0.1) is 31.7 Å². The van der Waals surface area contributed by atoms with Crippen LogP contribution in [0.3, 0.4) is 0 Å². The van der Waals surface area contributed by atoms with Crippen molar-refractivity contribution in [1.82, 2.24) is 4.98 Å². The highest BCUT2D eigenvalue weighted by molar-refractivity contribution is 6.16. The Bertz CT molecular complexity index is 821. The average molecular weight is 446 g/mol. The molecule has 1 N–H and O–H groups in total. The number of rotatable bonds is 15. The Labute approximate surface area is 190 Å². The lowest BCUT2D eigenvalue weighted by Crippen LogP contribution is -2.01. The summed E-state index contributed by atoms with van der Waals surface area (Å²) in [7, 11) is 1.69. The van der Waals surface area contributed by atoms with Crippen LogP contribution in [-0.4, -0.2) is 29.8 Å². The number of carbonyl (C=O) groups is 1. The Kier molecular flexibility index (Phi) is 11.5. The number of hydrogen-bond donors (Lipinski definition) is 1. The van der Waals surface area contributed by atoms with Gasteiger partial charge >= 0.3 is 5.97 Å². The van der Waals surface area contributed by atoms with Crippen LogP contribution < -0.4 is 9.47 Å². The van der Waals surface area contributed by atoms with Crippen LogP contribution in [0.2, 0.25) is 0 Å². The Hall–Kier alpha value is -2.53. The van der Waals surface area contributed by atoms with E-state index < -0.39 is 5.97 Å². The summed E-state index contributed by atoms with van der Waals surface area (Å²) in [6.45, 7) is 0.619. The molecule has 6 heteroatoms. The van der Waals surface area contributed by atoms with E-state index in [4.69, 9.17) is 26.2 Å². The number of halogens is 1. The Morgan fingerprint density at radius 2 is 1.74 bits per heavy atom. The number of methoxy groups -OCH3 is 1. The first-order valence-electron chi connectivity index (χ1n) is 10.8. The predicted molar refractivity (Wildman–Crippen MR) is 125 cm³/mol. The van der Waals surface area contributed by atoms with Gasteiger partial charge in [0.2, 0.25) is 0 Å². The number of aliphatic carboxylic acids is 1. The van der Waals surface area contributed by atoms with Crippen LogP contribution in [0.15, 0.2) is 42.5 Å². The molecule has 0 aliphatic heterocycles. The molecule has 0 spiro atoms. The summed E-state index contributed by atoms with van der Waals surface area (Å²) in [6, 6.07) is 12.0. The lowest BCUT2D eigenvalue weighted by atomic mass is 10.0. The monoisotopic (exact) mass is 445 g/mol. The van der Waals surface area contributed by atoms with Gasteiger partial charge < -0.3 is 14.6 Å². The van der Waals surface area contributed by atoms with Crippen molar-refractivity contribution >= 4 is 23.6 Å². The normalized spacial score (nSPS) is 11.0. The summed E-state index contributed by atoms with van der Waals surface area (Å²) in [5.41, 5.74) is 2.72. The van der Waals surface area contributed by atoms with Crippen molar-refractivity contribution in [2.75, 3.05) is 13.7 Å². The zero-order chi connectivity index (χ0) is 22.3. The maximum atomic E-state index is 10.7. The van der Waals surface area contributed by atoms with Gasteiger partial charge in [-0.15, -0.1) is 11.6 Å². The Morgan fingerprint density at radius 1 is 1.03 bits per heavy atom. The molecule has 2 aromatic rings. The lowest BCUT2D eigenvalue weighted by Gasteiger charge is -2.10. The number of carboxylic acid groups (broad SMARTS) is 1. The topological polar surface area (TPSA) is 68.7 Å². The van der Waals surface area contributed by atoms with E-state index in [1.165, 1.54) is 31.2 Å². The first-order valence-corrected chi connectivity index (χ1v) is 11.4. The number of ether oxygens (including phenoxy) is 2. The number of alkyl halides is 1. The molecule has 0 aliphatic carbocycles. The fourth-order valence-electron chi connectivity index (χ4n) is 3.20. The van der Waals surface area contributed by atoms with E-state index in [9.17, 15) is 4.79 Å². The van der Waals surface area contributed by atoms with E-state index in [0.29, 0.717) is 23.9 Å². The second-order valence-electron chi connectivity index (χ2n) is 7.39. The third-order valence-corrected chi connectivity index (χ3v) is 5.20. The van der Waals surface area contributed by atoms with Crippen LogP contribution in [0.25, 0.3) is 6.08 Å². The molecule has 168 valence electrons. The average Bonchev–Trinajstić information content (AvgIpc) is 2.78. The molecule has 0 radical (unpaired) electrons. The molecule has 0 amide bonds. The largest absolute Gasteiger partial charge is 0.497 e. The van der Waals surface area contributed by atoms with E-state index >= 15 is 0 Å². The quantitative estimate of drug-likeness (QED) is 0.258. The van der Waals surface area contributed by atoms with E-state index in [2.05, 4.69) is 17.1 Å². The fourth-order valence-corrected chi connectivity index (χ4v) is 3.35. The van der Waals surface area contributed by atoms with Gasteiger partial charge in [0.25, 0.3) is 0 Å². The molecule has 0 aliphatic rings. The van der Waals surface area contributed by atoms with Gasteiger partial charge in [-0.3, -0.25) is 4.79 Å². The Balaban J connectivity index is 1.62. The molecule has 0 saturated carbocycles. The molecule has 1 heterocycles. The molecular weight excluding hydrogens is 414 g/mol. The smallest absolute Gasteiger partial charge is 0.307 e. The highest BCUT2D eigenvalue weighted by Crippen LogP contribution is 2.20. The van der Waals surface area contributed by atoms with Crippen LogP contribution >= 0.6 is 11.6 Å². The highest BCUT2D eigenvalue weighted by Gasteiger charge is 2.05. The maximum absolute atomic E-state index is 10.7. The molecule has 1 aromatic heterocycles. The van der Waals surface area contributed by atoms with Crippen molar-refractivity contribution < 1.29 is 19.4 Å². The number of hydrogen-bond acceptors (Lipinski definition) is 4. The first-order chi connectivity index (χ1) is 15.1. The first kappa shape index (κ1) is 24.7. The fraction of sp³-hybridized carbons (Fsp3) is 0.440. The van der Waals surface area contributed by atoms with Crippen molar-refractivity contribution in [2.45, 2.75) is 57.2 Å².